The van der Waals surface area contributed by atoms with Crippen molar-refractivity contribution in [1.29, 1.82) is 0 Å². The van der Waals surface area contributed by atoms with Crippen LogP contribution >= 0.6 is 0 Å². The fourth-order valence-electron chi connectivity index (χ4n) is 2.45. The van der Waals surface area contributed by atoms with Crippen LogP contribution < -0.4 is 10.0 Å². The fourth-order valence-corrected chi connectivity index (χ4v) is 3.53. The number of benzene rings is 2. The number of nitro groups is 1. The quantitative estimate of drug-likeness (QED) is 0.403. The van der Waals surface area contributed by atoms with Crippen LogP contribution in [-0.2, 0) is 10.0 Å². The average molecular weight is 428 g/mol. The zero-order valence-electron chi connectivity index (χ0n) is 15.6. The molecule has 0 fully saturated rings. The number of aryl methyl sites for hydroxylation is 1. The van der Waals surface area contributed by atoms with E-state index in [0.717, 1.165) is 23.8 Å². The number of carbonyl (C=O) groups is 1. The van der Waals surface area contributed by atoms with Gasteiger partial charge in [0.2, 0.25) is 0 Å². The molecule has 10 nitrogen and oxygen atoms in total. The average Bonchev–Trinajstić information content (AvgIpc) is 2.70. The van der Waals surface area contributed by atoms with Crippen LogP contribution in [0.4, 0.5) is 17.2 Å². The molecule has 0 saturated heterocycles. The van der Waals surface area contributed by atoms with Crippen LogP contribution in [0.1, 0.15) is 15.9 Å². The van der Waals surface area contributed by atoms with E-state index in [0.29, 0.717) is 5.82 Å². The van der Waals surface area contributed by atoms with Gasteiger partial charge in [0, 0.05) is 23.5 Å². The summed E-state index contributed by atoms with van der Waals surface area (Å²) < 4.78 is 27.2. The van der Waals surface area contributed by atoms with Gasteiger partial charge in [0.1, 0.15) is 5.82 Å². The second-order valence-corrected chi connectivity index (χ2v) is 7.95. The van der Waals surface area contributed by atoms with Gasteiger partial charge < -0.3 is 10.4 Å². The molecule has 2 aromatic carbocycles. The van der Waals surface area contributed by atoms with Crippen LogP contribution in [0.25, 0.3) is 0 Å². The Balaban J connectivity index is 1.74. The number of sulfonamides is 1. The lowest BCUT2D eigenvalue weighted by molar-refractivity contribution is -0.386. The number of aromatic nitrogens is 1. The Morgan fingerprint density at radius 1 is 1.10 bits per heavy atom. The van der Waals surface area contributed by atoms with E-state index in [1.54, 1.807) is 18.3 Å². The number of amides is 1. The van der Waals surface area contributed by atoms with E-state index in [-0.39, 0.29) is 16.1 Å². The molecule has 0 saturated carbocycles. The molecule has 1 amide bonds. The Morgan fingerprint density at radius 2 is 1.80 bits per heavy atom. The van der Waals surface area contributed by atoms with Gasteiger partial charge in [0.25, 0.3) is 15.9 Å². The van der Waals surface area contributed by atoms with E-state index >= 15 is 0 Å². The van der Waals surface area contributed by atoms with Crippen LogP contribution in [-0.4, -0.2) is 29.3 Å². The molecule has 3 rings (SSSR count). The SMILES string of the molecule is Cc1ccc(NC(=O)c2ccc(NS(=O)(=O)c3ccc(O)c([N+](=O)[O-])c3)cc2)nc1. The van der Waals surface area contributed by atoms with Crippen molar-refractivity contribution in [3.05, 3.63) is 82.0 Å². The smallest absolute Gasteiger partial charge is 0.312 e. The second kappa shape index (κ2) is 8.17. The number of hydrogen-bond donors (Lipinski definition) is 3. The molecule has 3 N–H and O–H groups in total. The highest BCUT2D eigenvalue weighted by molar-refractivity contribution is 7.92. The van der Waals surface area contributed by atoms with E-state index in [9.17, 15) is 28.4 Å². The third kappa shape index (κ3) is 4.70. The number of phenols is 1. The zero-order valence-corrected chi connectivity index (χ0v) is 16.4. The monoisotopic (exact) mass is 428 g/mol. The summed E-state index contributed by atoms with van der Waals surface area (Å²) in [6.45, 7) is 1.87. The maximum absolute atomic E-state index is 12.5. The summed E-state index contributed by atoms with van der Waals surface area (Å²) in [6.07, 6.45) is 1.61. The molecule has 0 spiro atoms. The molecule has 0 aliphatic rings. The van der Waals surface area contributed by atoms with Gasteiger partial charge in [-0.1, -0.05) is 6.07 Å². The molecule has 1 aromatic heterocycles. The van der Waals surface area contributed by atoms with Gasteiger partial charge in [-0.3, -0.25) is 19.6 Å². The van der Waals surface area contributed by atoms with Crippen molar-refractivity contribution in [2.45, 2.75) is 11.8 Å². The largest absolute Gasteiger partial charge is 0.502 e. The number of nitrogens with one attached hydrogen (secondary N) is 2. The standard InChI is InChI=1S/C19H16N4O6S/c1-12-2-9-18(20-11-12)21-19(25)13-3-5-14(6-4-13)22-30(28,29)15-7-8-17(24)16(10-15)23(26)27/h2-11,22,24H,1H3,(H,20,21,25). The zero-order chi connectivity index (χ0) is 21.9. The normalized spacial score (nSPS) is 11.0. The highest BCUT2D eigenvalue weighted by atomic mass is 32.2. The molecular formula is C19H16N4O6S. The van der Waals surface area contributed by atoms with Gasteiger partial charge in [-0.25, -0.2) is 13.4 Å². The number of nitro benzene ring substituents is 1. The minimum Gasteiger partial charge on any atom is -0.502 e. The van der Waals surface area contributed by atoms with Gasteiger partial charge in [-0.05, 0) is 55.0 Å². The number of hydrogen-bond acceptors (Lipinski definition) is 7. The number of pyridine rings is 1. The first-order chi connectivity index (χ1) is 14.2. The van der Waals surface area contributed by atoms with Crippen molar-refractivity contribution in [1.82, 2.24) is 4.98 Å². The molecule has 0 atom stereocenters. The molecule has 0 radical (unpaired) electrons. The Bertz CT molecular complexity index is 1210. The van der Waals surface area contributed by atoms with E-state index in [1.807, 2.05) is 6.92 Å². The Kier molecular flexibility index (Phi) is 5.65. The number of carbonyl (C=O) groups excluding carboxylic acids is 1. The fraction of sp³-hybridized carbons (Fsp3) is 0.0526. The molecule has 11 heteroatoms. The predicted octanol–water partition coefficient (Wildman–Crippen LogP) is 3.06. The van der Waals surface area contributed by atoms with Crippen LogP contribution in [0.2, 0.25) is 0 Å². The molecule has 0 aliphatic carbocycles. The van der Waals surface area contributed by atoms with E-state index in [2.05, 4.69) is 15.0 Å². The molecule has 0 bridgehead atoms. The molecule has 0 unspecified atom stereocenters. The van der Waals surface area contributed by atoms with Crippen molar-refractivity contribution in [3.8, 4) is 5.75 Å². The maximum atomic E-state index is 12.5. The summed E-state index contributed by atoms with van der Waals surface area (Å²) in [5, 5.41) is 23.0. The maximum Gasteiger partial charge on any atom is 0.312 e. The summed E-state index contributed by atoms with van der Waals surface area (Å²) in [7, 11) is -4.15. The topological polar surface area (TPSA) is 152 Å². The van der Waals surface area contributed by atoms with E-state index in [4.69, 9.17) is 0 Å². The first-order valence-electron chi connectivity index (χ1n) is 8.50. The Labute approximate surface area is 171 Å². The molecule has 154 valence electrons. The van der Waals surface area contributed by atoms with Gasteiger partial charge in [-0.15, -0.1) is 0 Å². The number of aromatic hydroxyl groups is 1. The van der Waals surface area contributed by atoms with Gasteiger partial charge in [0.15, 0.2) is 5.75 Å². The molecule has 30 heavy (non-hydrogen) atoms. The lowest BCUT2D eigenvalue weighted by Crippen LogP contribution is -2.15. The summed E-state index contributed by atoms with van der Waals surface area (Å²) in [5.41, 5.74) is 0.648. The summed E-state index contributed by atoms with van der Waals surface area (Å²) in [4.78, 5) is 26.0. The molecule has 0 aliphatic heterocycles. The van der Waals surface area contributed by atoms with Crippen molar-refractivity contribution in [2.24, 2.45) is 0 Å². The van der Waals surface area contributed by atoms with E-state index in [1.165, 1.54) is 24.3 Å². The van der Waals surface area contributed by atoms with Gasteiger partial charge >= 0.3 is 5.69 Å². The van der Waals surface area contributed by atoms with Crippen molar-refractivity contribution < 1.29 is 23.2 Å². The van der Waals surface area contributed by atoms with Crippen molar-refractivity contribution >= 4 is 33.1 Å². The number of rotatable bonds is 6. The lowest BCUT2D eigenvalue weighted by atomic mass is 10.2. The third-order valence-electron chi connectivity index (χ3n) is 4.01. The minimum atomic E-state index is -4.15. The first kappa shape index (κ1) is 20.7. The lowest BCUT2D eigenvalue weighted by Gasteiger charge is -2.09. The van der Waals surface area contributed by atoms with Gasteiger partial charge in [-0.2, -0.15) is 0 Å². The Morgan fingerprint density at radius 3 is 2.40 bits per heavy atom. The molecular weight excluding hydrogens is 412 g/mol. The predicted molar refractivity (Wildman–Crippen MR) is 109 cm³/mol. The van der Waals surface area contributed by atoms with Crippen LogP contribution in [0.3, 0.4) is 0 Å². The molecule has 3 aromatic rings. The number of phenolic OH excluding ortho intramolecular Hbond substituents is 1. The Hall–Kier alpha value is -3.99. The molecule has 1 heterocycles. The summed E-state index contributed by atoms with van der Waals surface area (Å²) in [5.74, 6) is -0.684. The second-order valence-electron chi connectivity index (χ2n) is 6.27. The summed E-state index contributed by atoms with van der Waals surface area (Å²) >= 11 is 0. The van der Waals surface area contributed by atoms with Crippen molar-refractivity contribution in [2.75, 3.05) is 10.0 Å². The number of anilines is 2. The highest BCUT2D eigenvalue weighted by Gasteiger charge is 2.21. The van der Waals surface area contributed by atoms with Gasteiger partial charge in [0.05, 0.1) is 9.82 Å². The van der Waals surface area contributed by atoms with Crippen molar-refractivity contribution in [3.63, 3.8) is 0 Å². The van der Waals surface area contributed by atoms with E-state index < -0.39 is 32.3 Å². The number of nitrogens with zero attached hydrogens (tertiary/aromatic N) is 2. The van der Waals surface area contributed by atoms with Crippen LogP contribution in [0.15, 0.2) is 65.7 Å². The first-order valence-corrected chi connectivity index (χ1v) is 9.98. The van der Waals surface area contributed by atoms with Crippen LogP contribution in [0, 0.1) is 17.0 Å². The summed E-state index contributed by atoms with van der Waals surface area (Å²) in [6, 6.07) is 11.8. The minimum absolute atomic E-state index is 0.149. The van der Waals surface area contributed by atoms with Crippen LogP contribution in [0.5, 0.6) is 5.75 Å². The highest BCUT2D eigenvalue weighted by Crippen LogP contribution is 2.29. The third-order valence-corrected chi connectivity index (χ3v) is 5.39.